The predicted molar refractivity (Wildman–Crippen MR) is 52.3 cm³/mol. The van der Waals surface area contributed by atoms with Gasteiger partial charge in [-0.25, -0.2) is 0 Å². The first-order valence-corrected chi connectivity index (χ1v) is 4.43. The lowest BCUT2D eigenvalue weighted by Crippen LogP contribution is -2.42. The average molecular weight is 211 g/mol. The van der Waals surface area contributed by atoms with Crippen LogP contribution in [0.3, 0.4) is 0 Å². The third-order valence-electron chi connectivity index (χ3n) is 1.77. The fourth-order valence-corrected chi connectivity index (χ4v) is 1.03. The molecule has 1 heterocycles. The maximum absolute atomic E-state index is 11.3. The third kappa shape index (κ3) is 3.82. The first-order valence-electron chi connectivity index (χ1n) is 4.43. The summed E-state index contributed by atoms with van der Waals surface area (Å²) in [5.41, 5.74) is 10.3. The Morgan fingerprint density at radius 2 is 2.27 bits per heavy atom. The quantitative estimate of drug-likeness (QED) is 0.585. The van der Waals surface area contributed by atoms with Crippen molar-refractivity contribution in [3.8, 4) is 0 Å². The van der Waals surface area contributed by atoms with Crippen molar-refractivity contribution in [2.45, 2.75) is 19.0 Å². The second kappa shape index (κ2) is 5.16. The molecule has 0 radical (unpaired) electrons. The summed E-state index contributed by atoms with van der Waals surface area (Å²) >= 11 is 0. The molecule has 0 spiro atoms. The minimum Gasteiger partial charge on any atom is -0.467 e. The van der Waals surface area contributed by atoms with Crippen LogP contribution in [-0.2, 0) is 16.1 Å². The van der Waals surface area contributed by atoms with Crippen molar-refractivity contribution < 1.29 is 14.0 Å². The van der Waals surface area contributed by atoms with Gasteiger partial charge in [-0.15, -0.1) is 0 Å². The Kier molecular flexibility index (Phi) is 3.87. The van der Waals surface area contributed by atoms with Gasteiger partial charge in [-0.05, 0) is 12.1 Å². The van der Waals surface area contributed by atoms with E-state index in [2.05, 4.69) is 5.32 Å². The summed E-state index contributed by atoms with van der Waals surface area (Å²) in [4.78, 5) is 21.8. The fourth-order valence-electron chi connectivity index (χ4n) is 1.03. The molecule has 15 heavy (non-hydrogen) atoms. The van der Waals surface area contributed by atoms with Gasteiger partial charge < -0.3 is 21.2 Å². The third-order valence-corrected chi connectivity index (χ3v) is 1.77. The van der Waals surface area contributed by atoms with Gasteiger partial charge in [-0.2, -0.15) is 0 Å². The van der Waals surface area contributed by atoms with Gasteiger partial charge in [0.1, 0.15) is 5.76 Å². The second-order valence-electron chi connectivity index (χ2n) is 3.07. The summed E-state index contributed by atoms with van der Waals surface area (Å²) in [7, 11) is 0. The highest BCUT2D eigenvalue weighted by atomic mass is 16.3. The molecule has 0 aliphatic rings. The zero-order valence-electron chi connectivity index (χ0n) is 8.10. The SMILES string of the molecule is NC(=O)CC(N)C(=O)NCc1ccco1. The summed E-state index contributed by atoms with van der Waals surface area (Å²) < 4.78 is 5.00. The van der Waals surface area contributed by atoms with E-state index >= 15 is 0 Å². The molecule has 82 valence electrons. The average Bonchev–Trinajstić information content (AvgIpc) is 2.65. The van der Waals surface area contributed by atoms with Gasteiger partial charge >= 0.3 is 0 Å². The minimum absolute atomic E-state index is 0.163. The molecule has 1 aromatic heterocycles. The summed E-state index contributed by atoms with van der Waals surface area (Å²) in [6, 6.07) is 2.53. The van der Waals surface area contributed by atoms with Crippen molar-refractivity contribution in [2.24, 2.45) is 11.5 Å². The molecule has 0 aliphatic carbocycles. The van der Waals surface area contributed by atoms with Crippen molar-refractivity contribution in [3.63, 3.8) is 0 Å². The van der Waals surface area contributed by atoms with Gasteiger partial charge in [-0.3, -0.25) is 9.59 Å². The molecule has 6 nitrogen and oxygen atoms in total. The summed E-state index contributed by atoms with van der Waals surface area (Å²) in [6.45, 7) is 0.248. The number of hydrogen-bond acceptors (Lipinski definition) is 4. The smallest absolute Gasteiger partial charge is 0.237 e. The Morgan fingerprint density at radius 1 is 1.53 bits per heavy atom. The van der Waals surface area contributed by atoms with Gasteiger partial charge in [0.05, 0.1) is 25.3 Å². The summed E-state index contributed by atoms with van der Waals surface area (Å²) in [5.74, 6) is -0.407. The molecule has 1 atom stereocenters. The van der Waals surface area contributed by atoms with E-state index in [9.17, 15) is 9.59 Å². The monoisotopic (exact) mass is 211 g/mol. The van der Waals surface area contributed by atoms with Crippen molar-refractivity contribution in [1.29, 1.82) is 0 Å². The van der Waals surface area contributed by atoms with E-state index in [1.54, 1.807) is 12.1 Å². The highest BCUT2D eigenvalue weighted by Gasteiger charge is 2.15. The maximum atomic E-state index is 11.3. The van der Waals surface area contributed by atoms with Crippen molar-refractivity contribution >= 4 is 11.8 Å². The van der Waals surface area contributed by atoms with Crippen LogP contribution in [-0.4, -0.2) is 17.9 Å². The standard InChI is InChI=1S/C9H13N3O3/c10-7(4-8(11)13)9(14)12-5-6-2-1-3-15-6/h1-3,7H,4-5,10H2,(H2,11,13)(H,12,14). The number of primary amides is 1. The van der Waals surface area contributed by atoms with Crippen molar-refractivity contribution in [2.75, 3.05) is 0 Å². The Balaban J connectivity index is 2.32. The van der Waals surface area contributed by atoms with Gasteiger partial charge in [-0.1, -0.05) is 0 Å². The number of nitrogens with one attached hydrogen (secondary N) is 1. The van der Waals surface area contributed by atoms with Crippen LogP contribution in [0.2, 0.25) is 0 Å². The van der Waals surface area contributed by atoms with Crippen LogP contribution in [0.5, 0.6) is 0 Å². The van der Waals surface area contributed by atoms with Crippen LogP contribution in [0.1, 0.15) is 12.2 Å². The van der Waals surface area contributed by atoms with E-state index < -0.39 is 17.9 Å². The molecule has 1 unspecified atom stereocenters. The number of carbonyl (C=O) groups excluding carboxylic acids is 2. The Hall–Kier alpha value is -1.82. The molecule has 0 fully saturated rings. The zero-order valence-corrected chi connectivity index (χ0v) is 8.10. The number of carbonyl (C=O) groups is 2. The first kappa shape index (κ1) is 11.3. The van der Waals surface area contributed by atoms with E-state index in [0.29, 0.717) is 5.76 Å². The first-order chi connectivity index (χ1) is 7.09. The van der Waals surface area contributed by atoms with Gasteiger partial charge in [0, 0.05) is 0 Å². The predicted octanol–water partition coefficient (Wildman–Crippen LogP) is -0.901. The molecular formula is C9H13N3O3. The van der Waals surface area contributed by atoms with Crippen molar-refractivity contribution in [3.05, 3.63) is 24.2 Å². The van der Waals surface area contributed by atoms with E-state index in [4.69, 9.17) is 15.9 Å². The van der Waals surface area contributed by atoms with Gasteiger partial charge in [0.25, 0.3) is 0 Å². The lowest BCUT2D eigenvalue weighted by atomic mass is 10.2. The molecule has 1 aromatic rings. The molecule has 0 aliphatic heterocycles. The maximum Gasteiger partial charge on any atom is 0.237 e. The minimum atomic E-state index is -0.905. The Labute approximate surface area is 86.6 Å². The van der Waals surface area contributed by atoms with Crippen LogP contribution in [0, 0.1) is 0 Å². The Morgan fingerprint density at radius 3 is 2.80 bits per heavy atom. The van der Waals surface area contributed by atoms with Crippen LogP contribution < -0.4 is 16.8 Å². The lowest BCUT2D eigenvalue weighted by Gasteiger charge is -2.09. The molecule has 6 heteroatoms. The molecule has 0 bridgehead atoms. The number of furan rings is 1. The number of rotatable bonds is 5. The van der Waals surface area contributed by atoms with Gasteiger partial charge in [0.2, 0.25) is 11.8 Å². The van der Waals surface area contributed by atoms with E-state index in [-0.39, 0.29) is 13.0 Å². The fraction of sp³-hybridized carbons (Fsp3) is 0.333. The lowest BCUT2D eigenvalue weighted by molar-refractivity contribution is -0.126. The van der Waals surface area contributed by atoms with Crippen LogP contribution in [0.25, 0.3) is 0 Å². The van der Waals surface area contributed by atoms with Crippen LogP contribution >= 0.6 is 0 Å². The molecule has 5 N–H and O–H groups in total. The summed E-state index contributed by atoms with van der Waals surface area (Å²) in [5, 5.41) is 2.52. The zero-order chi connectivity index (χ0) is 11.3. The molecular weight excluding hydrogens is 198 g/mol. The molecule has 2 amide bonds. The summed E-state index contributed by atoms with van der Waals surface area (Å²) in [6.07, 6.45) is 1.34. The van der Waals surface area contributed by atoms with E-state index in [1.807, 2.05) is 0 Å². The topological polar surface area (TPSA) is 111 Å². The van der Waals surface area contributed by atoms with E-state index in [0.717, 1.165) is 0 Å². The normalized spacial score (nSPS) is 12.1. The Bertz CT molecular complexity index is 334. The molecule has 0 saturated carbocycles. The van der Waals surface area contributed by atoms with Crippen molar-refractivity contribution in [1.82, 2.24) is 5.32 Å². The largest absolute Gasteiger partial charge is 0.467 e. The van der Waals surface area contributed by atoms with Gasteiger partial charge in [0.15, 0.2) is 0 Å². The molecule has 0 saturated heterocycles. The highest BCUT2D eigenvalue weighted by Crippen LogP contribution is 1.98. The van der Waals surface area contributed by atoms with Crippen LogP contribution in [0.15, 0.2) is 22.8 Å². The molecule has 1 rings (SSSR count). The molecule has 0 aromatic carbocycles. The number of amides is 2. The highest BCUT2D eigenvalue weighted by molar-refractivity contribution is 5.87. The van der Waals surface area contributed by atoms with Crippen LogP contribution in [0.4, 0.5) is 0 Å². The van der Waals surface area contributed by atoms with E-state index in [1.165, 1.54) is 6.26 Å². The number of hydrogen-bond donors (Lipinski definition) is 3. The number of nitrogens with two attached hydrogens (primary N) is 2. The second-order valence-corrected chi connectivity index (χ2v) is 3.07.